The first-order chi connectivity index (χ1) is 13.7. The van der Waals surface area contributed by atoms with Gasteiger partial charge in [-0.1, -0.05) is 12.1 Å². The Morgan fingerprint density at radius 1 is 1.07 bits per heavy atom. The van der Waals surface area contributed by atoms with Crippen molar-refractivity contribution >= 4 is 17.3 Å². The topological polar surface area (TPSA) is 44.8 Å². The van der Waals surface area contributed by atoms with Crippen LogP contribution < -0.4 is 5.32 Å². The predicted molar refractivity (Wildman–Crippen MR) is 107 cm³/mol. The van der Waals surface area contributed by atoms with E-state index in [-0.39, 0.29) is 11.7 Å². The zero-order valence-corrected chi connectivity index (χ0v) is 15.9. The Labute approximate surface area is 165 Å². The summed E-state index contributed by atoms with van der Waals surface area (Å²) in [6, 6.07) is 13.6. The minimum Gasteiger partial charge on any atom is -0.377 e. The van der Waals surface area contributed by atoms with Crippen LogP contribution >= 0.6 is 0 Å². The van der Waals surface area contributed by atoms with Gasteiger partial charge in [0.15, 0.2) is 0 Å². The van der Waals surface area contributed by atoms with Crippen LogP contribution in [0.4, 0.5) is 15.8 Å². The van der Waals surface area contributed by atoms with E-state index in [9.17, 15) is 9.18 Å². The van der Waals surface area contributed by atoms with Crippen molar-refractivity contribution in [2.24, 2.45) is 0 Å². The second-order valence-electron chi connectivity index (χ2n) is 7.41. The average Bonchev–Trinajstić information content (AvgIpc) is 3.23. The van der Waals surface area contributed by atoms with Crippen LogP contribution in [-0.4, -0.2) is 61.1 Å². The van der Waals surface area contributed by atoms with Gasteiger partial charge in [0, 0.05) is 45.0 Å². The number of rotatable bonds is 5. The van der Waals surface area contributed by atoms with Gasteiger partial charge in [0.1, 0.15) is 5.82 Å². The third kappa shape index (κ3) is 4.51. The molecule has 148 valence electrons. The van der Waals surface area contributed by atoms with Crippen LogP contribution in [0.2, 0.25) is 0 Å². The predicted octanol–water partition coefficient (Wildman–Crippen LogP) is 3.51. The summed E-state index contributed by atoms with van der Waals surface area (Å²) in [4.78, 5) is 17.4. The van der Waals surface area contributed by atoms with Crippen molar-refractivity contribution in [3.63, 3.8) is 0 Å². The van der Waals surface area contributed by atoms with E-state index in [4.69, 9.17) is 4.74 Å². The van der Waals surface area contributed by atoms with Gasteiger partial charge in [0.25, 0.3) is 5.91 Å². The number of nitrogens with zero attached hydrogens (tertiary/aromatic N) is 2. The summed E-state index contributed by atoms with van der Waals surface area (Å²) in [5.74, 6) is -0.252. The van der Waals surface area contributed by atoms with Crippen LogP contribution in [0.3, 0.4) is 0 Å². The van der Waals surface area contributed by atoms with Gasteiger partial charge < -0.3 is 15.0 Å². The Balaban J connectivity index is 1.39. The van der Waals surface area contributed by atoms with Crippen molar-refractivity contribution in [1.29, 1.82) is 0 Å². The molecule has 0 aromatic heterocycles. The fraction of sp³-hybridized carbons (Fsp3) is 0.409. The highest BCUT2D eigenvalue weighted by molar-refractivity contribution is 6.00. The lowest BCUT2D eigenvalue weighted by Crippen LogP contribution is -2.50. The zero-order valence-electron chi connectivity index (χ0n) is 15.9. The van der Waals surface area contributed by atoms with Gasteiger partial charge in [-0.05, 0) is 49.2 Å². The number of halogens is 1. The number of nitrogens with one attached hydrogen (secondary N) is 1. The summed E-state index contributed by atoms with van der Waals surface area (Å²) in [5, 5.41) is 3.24. The molecule has 5 nitrogen and oxygen atoms in total. The molecule has 1 atom stereocenters. The smallest absolute Gasteiger partial charge is 0.256 e. The monoisotopic (exact) mass is 383 g/mol. The average molecular weight is 383 g/mol. The fourth-order valence-electron chi connectivity index (χ4n) is 3.85. The van der Waals surface area contributed by atoms with Gasteiger partial charge in [-0.2, -0.15) is 0 Å². The molecule has 28 heavy (non-hydrogen) atoms. The Bertz CT molecular complexity index is 798. The van der Waals surface area contributed by atoms with Gasteiger partial charge in [-0.25, -0.2) is 4.39 Å². The molecule has 0 bridgehead atoms. The lowest BCUT2D eigenvalue weighted by molar-refractivity contribution is 0.0433. The molecule has 0 spiro atoms. The molecule has 1 N–H and O–H groups in total. The van der Waals surface area contributed by atoms with Crippen LogP contribution in [0, 0.1) is 5.82 Å². The molecule has 2 aliphatic heterocycles. The number of anilines is 2. The molecule has 2 fully saturated rings. The summed E-state index contributed by atoms with van der Waals surface area (Å²) < 4.78 is 18.9. The SMILES string of the molecule is O=C(c1ccccc1Nc1ccc(F)cc1)N1CCN(CC2CCCO2)CC1. The minimum atomic E-state index is -0.282. The van der Waals surface area contributed by atoms with E-state index in [1.165, 1.54) is 12.1 Å². The second kappa shape index (κ2) is 8.71. The highest BCUT2D eigenvalue weighted by atomic mass is 19.1. The van der Waals surface area contributed by atoms with Gasteiger partial charge >= 0.3 is 0 Å². The van der Waals surface area contributed by atoms with Crippen LogP contribution in [0.25, 0.3) is 0 Å². The maximum Gasteiger partial charge on any atom is 0.256 e. The van der Waals surface area contributed by atoms with Gasteiger partial charge in [0.2, 0.25) is 0 Å². The first-order valence-electron chi connectivity index (χ1n) is 9.94. The van der Waals surface area contributed by atoms with Crippen molar-refractivity contribution in [3.8, 4) is 0 Å². The van der Waals surface area contributed by atoms with Gasteiger partial charge in [-0.3, -0.25) is 9.69 Å². The summed E-state index contributed by atoms with van der Waals surface area (Å²) in [6.07, 6.45) is 2.64. The van der Waals surface area contributed by atoms with E-state index in [0.29, 0.717) is 11.7 Å². The van der Waals surface area contributed by atoms with Crippen molar-refractivity contribution in [2.45, 2.75) is 18.9 Å². The highest BCUT2D eigenvalue weighted by Crippen LogP contribution is 2.23. The molecular formula is C22H26FN3O2. The maximum atomic E-state index is 13.1. The lowest BCUT2D eigenvalue weighted by atomic mass is 10.1. The third-order valence-corrected chi connectivity index (χ3v) is 5.43. The maximum absolute atomic E-state index is 13.1. The Morgan fingerprint density at radius 3 is 2.54 bits per heavy atom. The highest BCUT2D eigenvalue weighted by Gasteiger charge is 2.26. The number of piperazine rings is 1. The molecule has 1 unspecified atom stereocenters. The van der Waals surface area contributed by atoms with Crippen LogP contribution in [0.5, 0.6) is 0 Å². The summed E-state index contributed by atoms with van der Waals surface area (Å²) in [6.45, 7) is 5.02. The van der Waals surface area contributed by atoms with Crippen molar-refractivity contribution in [3.05, 3.63) is 59.9 Å². The summed E-state index contributed by atoms with van der Waals surface area (Å²) >= 11 is 0. The van der Waals surface area contributed by atoms with Gasteiger partial charge in [0.05, 0.1) is 17.4 Å². The van der Waals surface area contributed by atoms with E-state index >= 15 is 0 Å². The molecule has 2 heterocycles. The van der Waals surface area contributed by atoms with E-state index in [2.05, 4.69) is 10.2 Å². The largest absolute Gasteiger partial charge is 0.377 e. The van der Waals surface area contributed by atoms with E-state index in [1.54, 1.807) is 12.1 Å². The van der Waals surface area contributed by atoms with Crippen LogP contribution in [-0.2, 0) is 4.74 Å². The van der Waals surface area contributed by atoms with Gasteiger partial charge in [-0.15, -0.1) is 0 Å². The lowest BCUT2D eigenvalue weighted by Gasteiger charge is -2.36. The van der Waals surface area contributed by atoms with Crippen molar-refractivity contribution in [1.82, 2.24) is 9.80 Å². The first kappa shape index (κ1) is 18.9. The van der Waals surface area contributed by atoms with Crippen molar-refractivity contribution < 1.29 is 13.9 Å². The summed E-state index contributed by atoms with van der Waals surface area (Å²) in [5.41, 5.74) is 2.13. The number of hydrogen-bond acceptors (Lipinski definition) is 4. The number of carbonyl (C=O) groups excluding carboxylic acids is 1. The number of amides is 1. The number of ether oxygens (including phenoxy) is 1. The van der Waals surface area contributed by atoms with E-state index in [1.807, 2.05) is 29.2 Å². The Hall–Kier alpha value is -2.44. The minimum absolute atomic E-state index is 0.0296. The molecular weight excluding hydrogens is 357 g/mol. The molecule has 1 amide bonds. The zero-order chi connectivity index (χ0) is 19.3. The van der Waals surface area contributed by atoms with E-state index < -0.39 is 0 Å². The number of benzene rings is 2. The quantitative estimate of drug-likeness (QED) is 0.858. The standard InChI is InChI=1S/C22H26FN3O2/c23-17-7-9-18(10-8-17)24-21-6-2-1-5-20(21)22(27)26-13-11-25(12-14-26)16-19-4-3-15-28-19/h1-2,5-10,19,24H,3-4,11-16H2. The Morgan fingerprint density at radius 2 is 1.82 bits per heavy atom. The van der Waals surface area contributed by atoms with Crippen molar-refractivity contribution in [2.75, 3.05) is 44.6 Å². The first-order valence-corrected chi connectivity index (χ1v) is 9.94. The molecule has 4 rings (SSSR count). The molecule has 0 saturated carbocycles. The fourth-order valence-corrected chi connectivity index (χ4v) is 3.85. The third-order valence-electron chi connectivity index (χ3n) is 5.43. The normalized spacial score (nSPS) is 20.3. The molecule has 2 aromatic rings. The van der Waals surface area contributed by atoms with Crippen LogP contribution in [0.15, 0.2) is 48.5 Å². The molecule has 2 saturated heterocycles. The van der Waals surface area contributed by atoms with Crippen LogP contribution in [0.1, 0.15) is 23.2 Å². The molecule has 2 aromatic carbocycles. The Kier molecular flexibility index (Phi) is 5.88. The number of para-hydroxylation sites is 1. The van der Waals surface area contributed by atoms with E-state index in [0.717, 1.165) is 63.5 Å². The molecule has 0 aliphatic carbocycles. The molecule has 2 aliphatic rings. The summed E-state index contributed by atoms with van der Waals surface area (Å²) in [7, 11) is 0. The number of hydrogen-bond donors (Lipinski definition) is 1. The molecule has 0 radical (unpaired) electrons. The number of carbonyl (C=O) groups is 1. The molecule has 6 heteroatoms. The second-order valence-corrected chi connectivity index (χ2v) is 7.41.